The molecule has 0 spiro atoms. The number of hydrogen-bond acceptors (Lipinski definition) is 8. The molecule has 1 aliphatic heterocycles. The van der Waals surface area contributed by atoms with Crippen molar-refractivity contribution in [1.82, 2.24) is 0 Å². The molecule has 0 N–H and O–H groups in total. The Morgan fingerprint density at radius 1 is 1.25 bits per heavy atom. The Morgan fingerprint density at radius 3 is 2.50 bits per heavy atom. The summed E-state index contributed by atoms with van der Waals surface area (Å²) in [5.41, 5.74) is 9.54. The van der Waals surface area contributed by atoms with Crippen LogP contribution in [0, 0.1) is 0 Å². The molecule has 1 saturated heterocycles. The molecular formula is C18H23N3O7. The summed E-state index contributed by atoms with van der Waals surface area (Å²) in [6.07, 6.45) is -2.76. The number of hydrogen-bond donors (Lipinski definition) is 0. The molecule has 152 valence electrons. The van der Waals surface area contributed by atoms with E-state index in [0.29, 0.717) is 0 Å². The van der Waals surface area contributed by atoms with Crippen molar-refractivity contribution in [3.8, 4) is 5.75 Å². The summed E-state index contributed by atoms with van der Waals surface area (Å²) in [6.45, 7) is 2.75. The Bertz CT molecular complexity index is 694. The van der Waals surface area contributed by atoms with Crippen LogP contribution in [0.25, 0.3) is 10.4 Å². The second-order valence-corrected chi connectivity index (χ2v) is 6.15. The molecule has 0 saturated carbocycles. The van der Waals surface area contributed by atoms with Gasteiger partial charge in [-0.05, 0) is 23.2 Å². The number of benzene rings is 1. The Balaban J connectivity index is 2.06. The highest BCUT2D eigenvalue weighted by Gasteiger charge is 2.43. The van der Waals surface area contributed by atoms with E-state index in [9.17, 15) is 9.59 Å². The van der Waals surface area contributed by atoms with Crippen molar-refractivity contribution in [2.45, 2.75) is 51.5 Å². The van der Waals surface area contributed by atoms with Crippen LogP contribution in [0.1, 0.15) is 25.8 Å². The van der Waals surface area contributed by atoms with Gasteiger partial charge in [0.25, 0.3) is 0 Å². The molecular weight excluding hydrogens is 370 g/mol. The highest BCUT2D eigenvalue weighted by Crippen LogP contribution is 2.28. The van der Waals surface area contributed by atoms with Gasteiger partial charge in [-0.2, -0.15) is 0 Å². The fourth-order valence-corrected chi connectivity index (χ4v) is 2.80. The van der Waals surface area contributed by atoms with E-state index in [-0.39, 0.29) is 19.6 Å². The van der Waals surface area contributed by atoms with Gasteiger partial charge >= 0.3 is 11.9 Å². The molecule has 1 aliphatic rings. The van der Waals surface area contributed by atoms with Gasteiger partial charge in [-0.1, -0.05) is 17.2 Å². The minimum absolute atomic E-state index is 0.0108. The second kappa shape index (κ2) is 10.5. The minimum Gasteiger partial charge on any atom is -0.497 e. The van der Waals surface area contributed by atoms with Crippen LogP contribution in [0.5, 0.6) is 5.75 Å². The second-order valence-electron chi connectivity index (χ2n) is 6.15. The third-order valence-electron chi connectivity index (χ3n) is 4.04. The molecule has 10 heteroatoms. The predicted octanol–water partition coefficient (Wildman–Crippen LogP) is 2.50. The standard InChI is InChI=1S/C18H23N3O7/c1-11(22)26-16-8-15(28-18(16)27-12(2)23)17(9-20-21-19)25-10-13-4-6-14(24-3)7-5-13/h4-7,15-18H,8-10H2,1-3H3/t15-,16+,17+,18?/m0/s1. The normalized spacial score (nSPS) is 22.0. The van der Waals surface area contributed by atoms with Crippen molar-refractivity contribution in [3.05, 3.63) is 40.3 Å². The van der Waals surface area contributed by atoms with E-state index in [1.165, 1.54) is 13.8 Å². The van der Waals surface area contributed by atoms with Crippen molar-refractivity contribution in [3.63, 3.8) is 0 Å². The van der Waals surface area contributed by atoms with Gasteiger partial charge in [0.15, 0.2) is 6.10 Å². The van der Waals surface area contributed by atoms with Gasteiger partial charge in [0.1, 0.15) is 5.75 Å². The lowest BCUT2D eigenvalue weighted by Crippen LogP contribution is -2.32. The molecule has 4 atom stereocenters. The average Bonchev–Trinajstić information content (AvgIpc) is 3.03. The summed E-state index contributed by atoms with van der Waals surface area (Å²) in [6, 6.07) is 7.31. The maximum atomic E-state index is 11.3. The largest absolute Gasteiger partial charge is 0.497 e. The van der Waals surface area contributed by atoms with E-state index in [1.54, 1.807) is 19.2 Å². The monoisotopic (exact) mass is 393 g/mol. The number of nitrogens with zero attached hydrogens (tertiary/aromatic N) is 3. The highest BCUT2D eigenvalue weighted by molar-refractivity contribution is 5.67. The SMILES string of the molecule is COc1ccc(CO[C@H](CN=[N+]=[N-])[C@@H]2C[C@@H](OC(C)=O)C(OC(C)=O)O2)cc1. The van der Waals surface area contributed by atoms with Crippen molar-refractivity contribution in [1.29, 1.82) is 0 Å². The van der Waals surface area contributed by atoms with Crippen LogP contribution in [-0.2, 0) is 35.1 Å². The van der Waals surface area contributed by atoms with E-state index in [2.05, 4.69) is 10.0 Å². The van der Waals surface area contributed by atoms with Gasteiger partial charge in [-0.3, -0.25) is 9.59 Å². The molecule has 1 aromatic carbocycles. The first-order valence-corrected chi connectivity index (χ1v) is 8.68. The third kappa shape index (κ3) is 6.41. The molecule has 1 unspecified atom stereocenters. The molecule has 0 bridgehead atoms. The number of azide groups is 1. The summed E-state index contributed by atoms with van der Waals surface area (Å²) in [5, 5.41) is 3.57. The lowest BCUT2D eigenvalue weighted by molar-refractivity contribution is -0.200. The number of carbonyl (C=O) groups is 2. The van der Waals surface area contributed by atoms with E-state index >= 15 is 0 Å². The summed E-state index contributed by atoms with van der Waals surface area (Å²) in [7, 11) is 1.58. The molecule has 10 nitrogen and oxygen atoms in total. The summed E-state index contributed by atoms with van der Waals surface area (Å²) < 4.78 is 27.0. The molecule has 1 fully saturated rings. The summed E-state index contributed by atoms with van der Waals surface area (Å²) >= 11 is 0. The summed E-state index contributed by atoms with van der Waals surface area (Å²) in [4.78, 5) is 25.4. The third-order valence-corrected chi connectivity index (χ3v) is 4.04. The predicted molar refractivity (Wildman–Crippen MR) is 96.2 cm³/mol. The molecule has 1 heterocycles. The van der Waals surface area contributed by atoms with Crippen molar-refractivity contribution >= 4 is 11.9 Å². The Hall–Kier alpha value is -2.81. The number of esters is 2. The number of ether oxygens (including phenoxy) is 5. The highest BCUT2D eigenvalue weighted by atomic mass is 16.7. The van der Waals surface area contributed by atoms with Gasteiger partial charge < -0.3 is 23.7 Å². The first-order chi connectivity index (χ1) is 13.4. The van der Waals surface area contributed by atoms with Crippen LogP contribution in [0.4, 0.5) is 0 Å². The molecule has 28 heavy (non-hydrogen) atoms. The fourth-order valence-electron chi connectivity index (χ4n) is 2.80. The zero-order chi connectivity index (χ0) is 20.5. The van der Waals surface area contributed by atoms with E-state index in [1.807, 2.05) is 12.1 Å². The molecule has 0 aliphatic carbocycles. The zero-order valence-electron chi connectivity index (χ0n) is 15.9. The van der Waals surface area contributed by atoms with Gasteiger partial charge in [0.2, 0.25) is 6.29 Å². The first kappa shape index (κ1) is 21.5. The van der Waals surface area contributed by atoms with Crippen LogP contribution in [0.2, 0.25) is 0 Å². The average molecular weight is 393 g/mol. The molecule has 0 amide bonds. The smallest absolute Gasteiger partial charge is 0.305 e. The lowest BCUT2D eigenvalue weighted by Gasteiger charge is -2.22. The number of carbonyl (C=O) groups excluding carboxylic acids is 2. The number of rotatable bonds is 9. The number of methoxy groups -OCH3 is 1. The minimum atomic E-state index is -1.04. The van der Waals surface area contributed by atoms with Crippen LogP contribution in [0.3, 0.4) is 0 Å². The Labute approximate surface area is 162 Å². The van der Waals surface area contributed by atoms with Gasteiger partial charge in [0.05, 0.1) is 32.5 Å². The van der Waals surface area contributed by atoms with Gasteiger partial charge in [-0.25, -0.2) is 0 Å². The van der Waals surface area contributed by atoms with Crippen LogP contribution < -0.4 is 4.74 Å². The van der Waals surface area contributed by atoms with Crippen LogP contribution >= 0.6 is 0 Å². The Morgan fingerprint density at radius 2 is 1.93 bits per heavy atom. The van der Waals surface area contributed by atoms with E-state index in [0.717, 1.165) is 11.3 Å². The molecule has 0 aromatic heterocycles. The van der Waals surface area contributed by atoms with Crippen molar-refractivity contribution in [2.75, 3.05) is 13.7 Å². The quantitative estimate of drug-likeness (QED) is 0.273. The van der Waals surface area contributed by atoms with Gasteiger partial charge in [0, 0.05) is 25.2 Å². The maximum Gasteiger partial charge on any atom is 0.305 e. The van der Waals surface area contributed by atoms with E-state index < -0.39 is 36.5 Å². The Kier molecular flexibility index (Phi) is 8.06. The lowest BCUT2D eigenvalue weighted by atomic mass is 10.1. The molecule has 0 radical (unpaired) electrons. The topological polar surface area (TPSA) is 129 Å². The first-order valence-electron chi connectivity index (χ1n) is 8.68. The van der Waals surface area contributed by atoms with Crippen molar-refractivity contribution in [2.24, 2.45) is 5.11 Å². The van der Waals surface area contributed by atoms with Crippen molar-refractivity contribution < 1.29 is 33.3 Å². The van der Waals surface area contributed by atoms with Crippen LogP contribution in [-0.4, -0.2) is 50.2 Å². The van der Waals surface area contributed by atoms with Gasteiger partial charge in [-0.15, -0.1) is 0 Å². The maximum absolute atomic E-state index is 11.3. The fraction of sp³-hybridized carbons (Fsp3) is 0.556. The molecule has 1 aromatic rings. The van der Waals surface area contributed by atoms with Crippen LogP contribution in [0.15, 0.2) is 29.4 Å². The molecule has 2 rings (SSSR count). The van der Waals surface area contributed by atoms with E-state index in [4.69, 9.17) is 29.2 Å². The zero-order valence-corrected chi connectivity index (χ0v) is 15.9. The summed E-state index contributed by atoms with van der Waals surface area (Å²) in [5.74, 6) is -0.354.